The molecule has 0 aliphatic heterocycles. The highest BCUT2D eigenvalue weighted by Gasteiger charge is 2.18. The van der Waals surface area contributed by atoms with Gasteiger partial charge in [0.25, 0.3) is 0 Å². The van der Waals surface area contributed by atoms with Gasteiger partial charge < -0.3 is 0 Å². The molecule has 0 bridgehead atoms. The standard InChI is InChI=1S/C38H38S/c39-27-11-2-1-4-12-28-19-21-29(22-20-28)30-23-25-32(26-24-30)38-35-17-9-7-15-33(35)37(31-13-5-3-6-14-31)34-16-8-10-18-36(34)38/h3,5-10,13-18,21,23-26,28,39H,1-2,4,11-12,19-20,22,27H2. The average molecular weight is 527 g/mol. The molecular weight excluding hydrogens is 488 g/mol. The Kier molecular flexibility index (Phi) is 8.16. The first-order chi connectivity index (χ1) is 19.3. The molecule has 39 heavy (non-hydrogen) atoms. The first-order valence-corrected chi connectivity index (χ1v) is 15.4. The highest BCUT2D eigenvalue weighted by atomic mass is 32.1. The van der Waals surface area contributed by atoms with Gasteiger partial charge in [0.15, 0.2) is 0 Å². The van der Waals surface area contributed by atoms with E-state index in [9.17, 15) is 0 Å². The Morgan fingerprint density at radius 3 is 1.59 bits per heavy atom. The molecular formula is C38H38S. The third-order valence-electron chi connectivity index (χ3n) is 8.58. The van der Waals surface area contributed by atoms with Gasteiger partial charge in [-0.1, -0.05) is 135 Å². The van der Waals surface area contributed by atoms with E-state index in [1.165, 1.54) is 106 Å². The fourth-order valence-corrected chi connectivity index (χ4v) is 6.74. The Labute approximate surface area is 239 Å². The van der Waals surface area contributed by atoms with Crippen molar-refractivity contribution >= 4 is 39.7 Å². The molecule has 0 amide bonds. The van der Waals surface area contributed by atoms with E-state index in [4.69, 9.17) is 0 Å². The van der Waals surface area contributed by atoms with Crippen molar-refractivity contribution in [2.24, 2.45) is 5.92 Å². The molecule has 1 heteroatoms. The summed E-state index contributed by atoms with van der Waals surface area (Å²) in [5.41, 5.74) is 8.14. The number of thiol groups is 1. The molecule has 0 radical (unpaired) electrons. The highest BCUT2D eigenvalue weighted by molar-refractivity contribution is 7.80. The van der Waals surface area contributed by atoms with Crippen LogP contribution in [0.25, 0.3) is 49.4 Å². The van der Waals surface area contributed by atoms with Crippen LogP contribution in [0.4, 0.5) is 0 Å². The molecule has 196 valence electrons. The van der Waals surface area contributed by atoms with Crippen molar-refractivity contribution in [3.63, 3.8) is 0 Å². The Morgan fingerprint density at radius 1 is 0.538 bits per heavy atom. The van der Waals surface area contributed by atoms with Crippen molar-refractivity contribution < 1.29 is 0 Å². The maximum Gasteiger partial charge on any atom is -0.00264 e. The highest BCUT2D eigenvalue weighted by Crippen LogP contribution is 2.44. The second-order valence-corrected chi connectivity index (χ2v) is 11.5. The molecule has 1 aliphatic rings. The number of hydrogen-bond donors (Lipinski definition) is 1. The van der Waals surface area contributed by atoms with Gasteiger partial charge >= 0.3 is 0 Å². The van der Waals surface area contributed by atoms with Crippen LogP contribution in [-0.2, 0) is 0 Å². The summed E-state index contributed by atoms with van der Waals surface area (Å²) in [6, 6.07) is 38.1. The second-order valence-electron chi connectivity index (χ2n) is 11.1. The van der Waals surface area contributed by atoms with Gasteiger partial charge in [-0.15, -0.1) is 0 Å². The van der Waals surface area contributed by atoms with E-state index in [-0.39, 0.29) is 0 Å². The molecule has 0 nitrogen and oxygen atoms in total. The smallest absolute Gasteiger partial charge is 0.00264 e. The SMILES string of the molecule is SCCCCCCC1CC=C(c2ccc(-c3c4ccccc4c(-c4ccccc4)c4ccccc34)cc2)CC1. The van der Waals surface area contributed by atoms with Crippen molar-refractivity contribution in [3.8, 4) is 22.3 Å². The first kappa shape index (κ1) is 26.0. The monoisotopic (exact) mass is 526 g/mol. The van der Waals surface area contributed by atoms with E-state index in [2.05, 4.69) is 122 Å². The van der Waals surface area contributed by atoms with Gasteiger partial charge in [0.05, 0.1) is 0 Å². The lowest BCUT2D eigenvalue weighted by Gasteiger charge is -2.22. The summed E-state index contributed by atoms with van der Waals surface area (Å²) in [6.45, 7) is 0. The lowest BCUT2D eigenvalue weighted by Crippen LogP contribution is -2.05. The lowest BCUT2D eigenvalue weighted by molar-refractivity contribution is 0.425. The van der Waals surface area contributed by atoms with Crippen molar-refractivity contribution in [2.45, 2.75) is 51.4 Å². The van der Waals surface area contributed by atoms with Crippen LogP contribution in [0.3, 0.4) is 0 Å². The number of allylic oxidation sites excluding steroid dienone is 2. The van der Waals surface area contributed by atoms with Crippen LogP contribution in [0.1, 0.15) is 56.9 Å². The molecule has 1 unspecified atom stereocenters. The maximum absolute atomic E-state index is 4.34. The van der Waals surface area contributed by atoms with Crippen molar-refractivity contribution in [2.75, 3.05) is 5.75 Å². The molecule has 0 N–H and O–H groups in total. The van der Waals surface area contributed by atoms with Gasteiger partial charge in [0.1, 0.15) is 0 Å². The van der Waals surface area contributed by atoms with Gasteiger partial charge in [-0.3, -0.25) is 0 Å². The Balaban J connectivity index is 1.31. The predicted molar refractivity (Wildman–Crippen MR) is 175 cm³/mol. The van der Waals surface area contributed by atoms with E-state index >= 15 is 0 Å². The Bertz CT molecular complexity index is 1520. The molecule has 5 aromatic carbocycles. The fraction of sp³-hybridized carbons (Fsp3) is 0.263. The maximum atomic E-state index is 4.34. The summed E-state index contributed by atoms with van der Waals surface area (Å²) in [4.78, 5) is 0. The van der Waals surface area contributed by atoms with E-state index in [1.807, 2.05) is 0 Å². The van der Waals surface area contributed by atoms with Crippen LogP contribution in [0, 0.1) is 5.92 Å². The van der Waals surface area contributed by atoms with Gasteiger partial charge in [-0.2, -0.15) is 12.6 Å². The van der Waals surface area contributed by atoms with E-state index in [0.29, 0.717) is 0 Å². The summed E-state index contributed by atoms with van der Waals surface area (Å²) in [6.07, 6.45) is 13.0. The molecule has 0 aromatic heterocycles. The zero-order chi connectivity index (χ0) is 26.4. The summed E-state index contributed by atoms with van der Waals surface area (Å²) in [5, 5.41) is 5.26. The number of rotatable bonds is 9. The Morgan fingerprint density at radius 2 is 1.05 bits per heavy atom. The molecule has 0 fully saturated rings. The van der Waals surface area contributed by atoms with E-state index < -0.39 is 0 Å². The summed E-state index contributed by atoms with van der Waals surface area (Å²) in [5.74, 6) is 1.89. The van der Waals surface area contributed by atoms with Crippen LogP contribution in [0.15, 0.2) is 109 Å². The van der Waals surface area contributed by atoms with Crippen LogP contribution in [0.5, 0.6) is 0 Å². The molecule has 0 saturated heterocycles. The van der Waals surface area contributed by atoms with E-state index in [0.717, 1.165) is 11.7 Å². The zero-order valence-corrected chi connectivity index (χ0v) is 23.7. The molecule has 0 heterocycles. The summed E-state index contributed by atoms with van der Waals surface area (Å²) in [7, 11) is 0. The van der Waals surface area contributed by atoms with Gasteiger partial charge in [-0.25, -0.2) is 0 Å². The van der Waals surface area contributed by atoms with Crippen LogP contribution < -0.4 is 0 Å². The topological polar surface area (TPSA) is 0 Å². The average Bonchev–Trinajstić information content (AvgIpc) is 3.00. The zero-order valence-electron chi connectivity index (χ0n) is 22.8. The number of hydrogen-bond acceptors (Lipinski definition) is 1. The predicted octanol–water partition coefficient (Wildman–Crippen LogP) is 11.4. The van der Waals surface area contributed by atoms with Crippen LogP contribution in [0.2, 0.25) is 0 Å². The van der Waals surface area contributed by atoms with Gasteiger partial charge in [-0.05, 0) is 92.3 Å². The quantitative estimate of drug-likeness (QED) is 0.110. The third kappa shape index (κ3) is 5.56. The molecule has 0 saturated carbocycles. The second kappa shape index (κ2) is 12.3. The van der Waals surface area contributed by atoms with E-state index in [1.54, 1.807) is 0 Å². The molecule has 1 atom stereocenters. The minimum Gasteiger partial charge on any atom is -0.179 e. The van der Waals surface area contributed by atoms with Crippen LogP contribution in [-0.4, -0.2) is 5.75 Å². The third-order valence-corrected chi connectivity index (χ3v) is 8.89. The normalized spacial score (nSPS) is 15.5. The molecule has 6 rings (SSSR count). The fourth-order valence-electron chi connectivity index (χ4n) is 6.52. The van der Waals surface area contributed by atoms with Crippen molar-refractivity contribution in [1.82, 2.24) is 0 Å². The summed E-state index contributed by atoms with van der Waals surface area (Å²) >= 11 is 4.34. The van der Waals surface area contributed by atoms with Crippen molar-refractivity contribution in [1.29, 1.82) is 0 Å². The number of unbranched alkanes of at least 4 members (excludes halogenated alkanes) is 3. The largest absolute Gasteiger partial charge is 0.179 e. The molecule has 0 spiro atoms. The first-order valence-electron chi connectivity index (χ1n) is 14.7. The van der Waals surface area contributed by atoms with Crippen molar-refractivity contribution in [3.05, 3.63) is 115 Å². The number of benzene rings is 5. The lowest BCUT2D eigenvalue weighted by atomic mass is 9.83. The molecule has 5 aromatic rings. The molecule has 1 aliphatic carbocycles. The minimum atomic E-state index is 0.866. The van der Waals surface area contributed by atoms with Gasteiger partial charge in [0.2, 0.25) is 0 Å². The Hall–Kier alpha value is -3.29. The van der Waals surface area contributed by atoms with Gasteiger partial charge in [0, 0.05) is 0 Å². The minimum absolute atomic E-state index is 0.866. The number of fused-ring (bicyclic) bond motifs is 2. The summed E-state index contributed by atoms with van der Waals surface area (Å²) < 4.78 is 0. The van der Waals surface area contributed by atoms with Crippen LogP contribution >= 0.6 is 12.6 Å².